The molecule has 0 atom stereocenters. The average molecular weight is 311 g/mol. The van der Waals surface area contributed by atoms with E-state index in [9.17, 15) is 0 Å². The van der Waals surface area contributed by atoms with Crippen LogP contribution in [-0.4, -0.2) is 24.7 Å². The molecule has 2 aromatic rings. The fourth-order valence-corrected chi connectivity index (χ4v) is 1.98. The SMILES string of the molecule is CCc1nc(Br)cc(NCc2nncn2CC)n1. The standard InChI is InChI=1S/C11H15BrN6/c1-3-9-15-8(12)5-10(16-9)13-6-11-17-14-7-18(11)4-2/h5,7H,3-4,6H2,1-2H3,(H,13,15,16). The number of hydrogen-bond donors (Lipinski definition) is 1. The summed E-state index contributed by atoms with van der Waals surface area (Å²) in [4.78, 5) is 8.66. The Morgan fingerprint density at radius 1 is 1.33 bits per heavy atom. The second kappa shape index (κ2) is 5.90. The second-order valence-electron chi connectivity index (χ2n) is 3.73. The molecule has 0 bridgehead atoms. The molecule has 0 saturated heterocycles. The quantitative estimate of drug-likeness (QED) is 0.856. The van der Waals surface area contributed by atoms with Gasteiger partial charge in [0.2, 0.25) is 0 Å². The number of anilines is 1. The highest BCUT2D eigenvalue weighted by Gasteiger charge is 2.05. The highest BCUT2D eigenvalue weighted by molar-refractivity contribution is 9.10. The molecule has 96 valence electrons. The number of rotatable bonds is 5. The molecule has 2 aromatic heterocycles. The summed E-state index contributed by atoms with van der Waals surface area (Å²) < 4.78 is 2.78. The topological polar surface area (TPSA) is 68.5 Å². The van der Waals surface area contributed by atoms with E-state index in [1.807, 2.05) is 17.6 Å². The van der Waals surface area contributed by atoms with E-state index >= 15 is 0 Å². The summed E-state index contributed by atoms with van der Waals surface area (Å²) in [6.07, 6.45) is 2.53. The van der Waals surface area contributed by atoms with Crippen molar-refractivity contribution >= 4 is 21.7 Å². The molecule has 1 N–H and O–H groups in total. The predicted octanol–water partition coefficient (Wildman–Crippen LogP) is 2.02. The fraction of sp³-hybridized carbons (Fsp3) is 0.455. The summed E-state index contributed by atoms with van der Waals surface area (Å²) >= 11 is 3.38. The van der Waals surface area contributed by atoms with Crippen LogP contribution in [0.3, 0.4) is 0 Å². The lowest BCUT2D eigenvalue weighted by molar-refractivity contribution is 0.707. The van der Waals surface area contributed by atoms with Gasteiger partial charge in [-0.25, -0.2) is 9.97 Å². The van der Waals surface area contributed by atoms with Crippen LogP contribution in [0, 0.1) is 0 Å². The maximum absolute atomic E-state index is 4.40. The molecule has 0 amide bonds. The van der Waals surface area contributed by atoms with Crippen LogP contribution in [0.15, 0.2) is 17.0 Å². The van der Waals surface area contributed by atoms with Crippen molar-refractivity contribution in [3.63, 3.8) is 0 Å². The van der Waals surface area contributed by atoms with Gasteiger partial charge in [-0.15, -0.1) is 10.2 Å². The van der Waals surface area contributed by atoms with Gasteiger partial charge in [0.1, 0.15) is 22.6 Å². The Morgan fingerprint density at radius 2 is 2.17 bits per heavy atom. The Morgan fingerprint density at radius 3 is 2.89 bits per heavy atom. The third-order valence-corrected chi connectivity index (χ3v) is 2.93. The van der Waals surface area contributed by atoms with Gasteiger partial charge >= 0.3 is 0 Å². The van der Waals surface area contributed by atoms with Gasteiger partial charge in [-0.05, 0) is 22.9 Å². The first-order valence-electron chi connectivity index (χ1n) is 5.87. The van der Waals surface area contributed by atoms with Crippen LogP contribution in [0.4, 0.5) is 5.82 Å². The van der Waals surface area contributed by atoms with Crippen molar-refractivity contribution in [2.24, 2.45) is 0 Å². The van der Waals surface area contributed by atoms with Crippen molar-refractivity contribution in [2.75, 3.05) is 5.32 Å². The molecular weight excluding hydrogens is 296 g/mol. The predicted molar refractivity (Wildman–Crippen MR) is 72.1 cm³/mol. The molecule has 0 fully saturated rings. The van der Waals surface area contributed by atoms with E-state index in [-0.39, 0.29) is 0 Å². The van der Waals surface area contributed by atoms with Crippen LogP contribution in [-0.2, 0) is 19.5 Å². The van der Waals surface area contributed by atoms with Gasteiger partial charge in [-0.1, -0.05) is 6.92 Å². The maximum Gasteiger partial charge on any atom is 0.152 e. The van der Waals surface area contributed by atoms with E-state index in [1.165, 1.54) is 0 Å². The van der Waals surface area contributed by atoms with E-state index in [2.05, 4.69) is 48.3 Å². The zero-order valence-electron chi connectivity index (χ0n) is 10.4. The average Bonchev–Trinajstić information content (AvgIpc) is 2.83. The van der Waals surface area contributed by atoms with E-state index < -0.39 is 0 Å². The number of aromatic nitrogens is 5. The minimum absolute atomic E-state index is 0.598. The number of nitrogens with zero attached hydrogens (tertiary/aromatic N) is 5. The smallest absolute Gasteiger partial charge is 0.152 e. The highest BCUT2D eigenvalue weighted by atomic mass is 79.9. The molecule has 0 aliphatic carbocycles. The molecule has 7 heteroatoms. The summed E-state index contributed by atoms with van der Waals surface area (Å²) in [5.74, 6) is 2.49. The Kier molecular flexibility index (Phi) is 4.24. The zero-order valence-corrected chi connectivity index (χ0v) is 12.0. The van der Waals surface area contributed by atoms with Crippen molar-refractivity contribution < 1.29 is 0 Å². The maximum atomic E-state index is 4.40. The lowest BCUT2D eigenvalue weighted by Crippen LogP contribution is -2.09. The monoisotopic (exact) mass is 310 g/mol. The van der Waals surface area contributed by atoms with E-state index in [0.717, 1.165) is 35.0 Å². The van der Waals surface area contributed by atoms with Crippen LogP contribution in [0.1, 0.15) is 25.5 Å². The molecule has 18 heavy (non-hydrogen) atoms. The van der Waals surface area contributed by atoms with Crippen LogP contribution in [0.2, 0.25) is 0 Å². The molecule has 0 spiro atoms. The second-order valence-corrected chi connectivity index (χ2v) is 4.54. The number of halogens is 1. The van der Waals surface area contributed by atoms with Gasteiger partial charge in [-0.2, -0.15) is 0 Å². The van der Waals surface area contributed by atoms with Crippen LogP contribution in [0.25, 0.3) is 0 Å². The van der Waals surface area contributed by atoms with Gasteiger partial charge in [0.05, 0.1) is 6.54 Å². The van der Waals surface area contributed by atoms with Gasteiger partial charge in [0, 0.05) is 19.0 Å². The van der Waals surface area contributed by atoms with Gasteiger partial charge in [0.25, 0.3) is 0 Å². The Balaban J connectivity index is 2.08. The lowest BCUT2D eigenvalue weighted by atomic mass is 10.4. The van der Waals surface area contributed by atoms with E-state index in [1.54, 1.807) is 6.33 Å². The largest absolute Gasteiger partial charge is 0.363 e. The van der Waals surface area contributed by atoms with Gasteiger partial charge in [0.15, 0.2) is 5.82 Å². The number of hydrogen-bond acceptors (Lipinski definition) is 5. The highest BCUT2D eigenvalue weighted by Crippen LogP contribution is 2.13. The van der Waals surface area contributed by atoms with E-state index in [4.69, 9.17) is 0 Å². The number of aryl methyl sites for hydroxylation is 2. The minimum Gasteiger partial charge on any atom is -0.363 e. The van der Waals surface area contributed by atoms with Crippen LogP contribution < -0.4 is 5.32 Å². The first kappa shape index (κ1) is 12.9. The van der Waals surface area contributed by atoms with E-state index in [0.29, 0.717) is 6.54 Å². The third kappa shape index (κ3) is 3.04. The molecule has 0 radical (unpaired) electrons. The fourth-order valence-electron chi connectivity index (χ4n) is 1.56. The summed E-state index contributed by atoms with van der Waals surface area (Å²) in [6.45, 7) is 5.54. The summed E-state index contributed by atoms with van der Waals surface area (Å²) in [5, 5.41) is 11.2. The van der Waals surface area contributed by atoms with Gasteiger partial charge in [-0.3, -0.25) is 0 Å². The molecule has 2 heterocycles. The third-order valence-electron chi connectivity index (χ3n) is 2.52. The van der Waals surface area contributed by atoms with Crippen molar-refractivity contribution in [3.05, 3.63) is 28.6 Å². The first-order valence-corrected chi connectivity index (χ1v) is 6.66. The van der Waals surface area contributed by atoms with Gasteiger partial charge < -0.3 is 9.88 Å². The molecule has 0 aliphatic rings. The molecule has 0 aliphatic heterocycles. The van der Waals surface area contributed by atoms with Crippen molar-refractivity contribution in [1.29, 1.82) is 0 Å². The Labute approximate surface area is 114 Å². The molecule has 0 saturated carbocycles. The molecule has 0 aromatic carbocycles. The Bertz CT molecular complexity index is 524. The Hall–Kier alpha value is -1.50. The summed E-state index contributed by atoms with van der Waals surface area (Å²) in [6, 6.07) is 1.85. The number of nitrogens with one attached hydrogen (secondary N) is 1. The van der Waals surface area contributed by atoms with Crippen molar-refractivity contribution in [3.8, 4) is 0 Å². The lowest BCUT2D eigenvalue weighted by Gasteiger charge is -2.07. The zero-order chi connectivity index (χ0) is 13.0. The molecule has 2 rings (SSSR count). The minimum atomic E-state index is 0.598. The van der Waals surface area contributed by atoms with Crippen molar-refractivity contribution in [2.45, 2.75) is 33.4 Å². The molecule has 6 nitrogen and oxygen atoms in total. The van der Waals surface area contributed by atoms with Crippen LogP contribution in [0.5, 0.6) is 0 Å². The van der Waals surface area contributed by atoms with Crippen molar-refractivity contribution in [1.82, 2.24) is 24.7 Å². The molecular formula is C11H15BrN6. The summed E-state index contributed by atoms with van der Waals surface area (Å²) in [5.41, 5.74) is 0. The van der Waals surface area contributed by atoms with Crippen LogP contribution >= 0.6 is 15.9 Å². The first-order chi connectivity index (χ1) is 8.72. The molecule has 0 unspecified atom stereocenters. The normalized spacial score (nSPS) is 10.6. The summed E-state index contributed by atoms with van der Waals surface area (Å²) in [7, 11) is 0.